The number of hydrogen-bond donors (Lipinski definition) is 2. The fraction of sp³-hybridized carbons (Fsp3) is 0.350. The number of para-hydroxylation sites is 1. The van der Waals surface area contributed by atoms with Gasteiger partial charge in [0, 0.05) is 42.0 Å². The maximum atomic E-state index is 12.0. The normalized spacial score (nSPS) is 15.0. The number of piperidine rings is 1. The Morgan fingerprint density at radius 3 is 2.32 bits per heavy atom. The van der Waals surface area contributed by atoms with Gasteiger partial charge in [-0.25, -0.2) is 4.79 Å². The van der Waals surface area contributed by atoms with Gasteiger partial charge in [-0.1, -0.05) is 36.4 Å². The topological polar surface area (TPSA) is 44.4 Å². The summed E-state index contributed by atoms with van der Waals surface area (Å²) in [5, 5.41) is 6.06. The largest absolute Gasteiger partial charge is 0.371 e. The summed E-state index contributed by atoms with van der Waals surface area (Å²) < 4.78 is 0. The molecule has 1 saturated heterocycles. The van der Waals surface area contributed by atoms with Crippen molar-refractivity contribution in [1.82, 2.24) is 10.6 Å². The van der Waals surface area contributed by atoms with Gasteiger partial charge in [0.05, 0.1) is 0 Å². The molecule has 0 spiro atoms. The smallest absolute Gasteiger partial charge is 0.315 e. The second kappa shape index (κ2) is 9.37. The Bertz CT molecular complexity index is 643. The molecule has 1 fully saturated rings. The zero-order chi connectivity index (χ0) is 17.3. The van der Waals surface area contributed by atoms with E-state index in [0.717, 1.165) is 31.7 Å². The van der Waals surface area contributed by atoms with Crippen LogP contribution in [-0.4, -0.2) is 37.5 Å². The number of benzene rings is 2. The first kappa shape index (κ1) is 17.7. The van der Waals surface area contributed by atoms with Crippen LogP contribution in [0.5, 0.6) is 0 Å². The summed E-state index contributed by atoms with van der Waals surface area (Å²) in [7, 11) is 0. The molecule has 2 amide bonds. The lowest BCUT2D eigenvalue weighted by atomic mass is 10.0. The van der Waals surface area contributed by atoms with Gasteiger partial charge in [0.25, 0.3) is 0 Å². The summed E-state index contributed by atoms with van der Waals surface area (Å²) in [6.07, 6.45) is 1.97. The Hall–Kier alpha value is -2.14. The SMILES string of the molecule is O=C(NCCSc1ccccc1)NC1CCN(c2ccccc2)CC1. The van der Waals surface area contributed by atoms with Crippen molar-refractivity contribution in [3.05, 3.63) is 60.7 Å². The van der Waals surface area contributed by atoms with Crippen molar-refractivity contribution in [3.8, 4) is 0 Å². The first-order valence-corrected chi connectivity index (χ1v) is 9.82. The monoisotopic (exact) mass is 355 g/mol. The predicted molar refractivity (Wildman–Crippen MR) is 105 cm³/mol. The van der Waals surface area contributed by atoms with Gasteiger partial charge in [-0.05, 0) is 37.1 Å². The minimum atomic E-state index is -0.0492. The number of carbonyl (C=O) groups is 1. The Labute approximate surface area is 154 Å². The number of rotatable bonds is 6. The van der Waals surface area contributed by atoms with Crippen LogP contribution in [-0.2, 0) is 0 Å². The Morgan fingerprint density at radius 2 is 1.64 bits per heavy atom. The molecule has 4 nitrogen and oxygen atoms in total. The average molecular weight is 356 g/mol. The first-order chi connectivity index (χ1) is 12.3. The second-order valence-electron chi connectivity index (χ2n) is 6.16. The summed E-state index contributed by atoms with van der Waals surface area (Å²) >= 11 is 1.76. The molecule has 1 heterocycles. The van der Waals surface area contributed by atoms with E-state index in [-0.39, 0.29) is 12.1 Å². The lowest BCUT2D eigenvalue weighted by Gasteiger charge is -2.33. The summed E-state index contributed by atoms with van der Waals surface area (Å²) in [5.74, 6) is 0.879. The van der Waals surface area contributed by atoms with Gasteiger partial charge in [0.2, 0.25) is 0 Å². The van der Waals surface area contributed by atoms with Crippen molar-refractivity contribution in [2.75, 3.05) is 30.3 Å². The Kier molecular flexibility index (Phi) is 6.63. The number of nitrogens with zero attached hydrogens (tertiary/aromatic N) is 1. The van der Waals surface area contributed by atoms with E-state index in [4.69, 9.17) is 0 Å². The minimum absolute atomic E-state index is 0.0492. The zero-order valence-electron chi connectivity index (χ0n) is 14.4. The van der Waals surface area contributed by atoms with Crippen LogP contribution in [0, 0.1) is 0 Å². The molecule has 0 aliphatic carbocycles. The number of hydrogen-bond acceptors (Lipinski definition) is 3. The van der Waals surface area contributed by atoms with Gasteiger partial charge in [0.15, 0.2) is 0 Å². The third kappa shape index (κ3) is 5.71. The maximum absolute atomic E-state index is 12.0. The van der Waals surface area contributed by atoms with Gasteiger partial charge in [-0.3, -0.25) is 0 Å². The molecule has 2 N–H and O–H groups in total. The number of thioether (sulfide) groups is 1. The van der Waals surface area contributed by atoms with Gasteiger partial charge in [-0.2, -0.15) is 0 Å². The Morgan fingerprint density at radius 1 is 1.00 bits per heavy atom. The summed E-state index contributed by atoms with van der Waals surface area (Å²) in [5.41, 5.74) is 1.27. The average Bonchev–Trinajstić information content (AvgIpc) is 2.67. The molecule has 2 aromatic carbocycles. The molecule has 0 aromatic heterocycles. The minimum Gasteiger partial charge on any atom is -0.371 e. The van der Waals surface area contributed by atoms with E-state index in [9.17, 15) is 4.79 Å². The maximum Gasteiger partial charge on any atom is 0.315 e. The Balaban J connectivity index is 1.31. The van der Waals surface area contributed by atoms with Crippen LogP contribution >= 0.6 is 11.8 Å². The van der Waals surface area contributed by atoms with Gasteiger partial charge >= 0.3 is 6.03 Å². The van der Waals surface area contributed by atoms with Crippen LogP contribution in [0.3, 0.4) is 0 Å². The van der Waals surface area contributed by atoms with Crippen molar-refractivity contribution < 1.29 is 4.79 Å². The highest BCUT2D eigenvalue weighted by molar-refractivity contribution is 7.99. The molecule has 0 radical (unpaired) electrons. The molecule has 2 aromatic rings. The molecule has 0 atom stereocenters. The summed E-state index contributed by atoms with van der Waals surface area (Å²) in [6.45, 7) is 2.64. The highest BCUT2D eigenvalue weighted by Crippen LogP contribution is 2.19. The van der Waals surface area contributed by atoms with Crippen LogP contribution in [0.1, 0.15) is 12.8 Å². The van der Waals surface area contributed by atoms with Crippen molar-refractivity contribution in [2.24, 2.45) is 0 Å². The van der Waals surface area contributed by atoms with Crippen molar-refractivity contribution in [3.63, 3.8) is 0 Å². The number of nitrogens with one attached hydrogen (secondary N) is 2. The zero-order valence-corrected chi connectivity index (χ0v) is 15.2. The van der Waals surface area contributed by atoms with Crippen LogP contribution in [0.2, 0.25) is 0 Å². The van der Waals surface area contributed by atoms with E-state index in [1.165, 1.54) is 10.6 Å². The van der Waals surface area contributed by atoms with Gasteiger partial charge in [0.1, 0.15) is 0 Å². The molecule has 0 bridgehead atoms. The van der Waals surface area contributed by atoms with Crippen molar-refractivity contribution in [2.45, 2.75) is 23.8 Å². The standard InChI is InChI=1S/C20H25N3OS/c24-20(21-13-16-25-19-9-5-2-6-10-19)22-17-11-14-23(15-12-17)18-7-3-1-4-8-18/h1-10,17H,11-16H2,(H2,21,22,24). The van der Waals surface area contributed by atoms with E-state index in [2.05, 4.69) is 51.9 Å². The first-order valence-electron chi connectivity index (χ1n) is 8.83. The number of carbonyl (C=O) groups excluding carboxylic acids is 1. The molecular formula is C20H25N3OS. The molecule has 1 aliphatic rings. The lowest BCUT2D eigenvalue weighted by molar-refractivity contribution is 0.235. The molecule has 5 heteroatoms. The second-order valence-corrected chi connectivity index (χ2v) is 7.33. The van der Waals surface area contributed by atoms with Gasteiger partial charge in [-0.15, -0.1) is 11.8 Å². The van der Waals surface area contributed by atoms with Crippen LogP contribution in [0.25, 0.3) is 0 Å². The fourth-order valence-electron chi connectivity index (χ4n) is 3.01. The van der Waals surface area contributed by atoms with Crippen LogP contribution in [0.15, 0.2) is 65.6 Å². The molecule has 0 unspecified atom stereocenters. The highest BCUT2D eigenvalue weighted by Gasteiger charge is 2.20. The highest BCUT2D eigenvalue weighted by atomic mass is 32.2. The molecular weight excluding hydrogens is 330 g/mol. The van der Waals surface area contributed by atoms with Gasteiger partial charge < -0.3 is 15.5 Å². The number of amides is 2. The molecule has 1 aliphatic heterocycles. The third-order valence-electron chi connectivity index (χ3n) is 4.35. The lowest BCUT2D eigenvalue weighted by Crippen LogP contribution is -2.48. The van der Waals surface area contributed by atoms with E-state index in [0.29, 0.717) is 6.54 Å². The number of urea groups is 1. The van der Waals surface area contributed by atoms with Crippen molar-refractivity contribution >= 4 is 23.5 Å². The molecule has 3 rings (SSSR count). The quantitative estimate of drug-likeness (QED) is 0.613. The fourth-order valence-corrected chi connectivity index (χ4v) is 3.80. The van der Waals surface area contributed by atoms with E-state index in [1.807, 2.05) is 24.3 Å². The number of anilines is 1. The summed E-state index contributed by atoms with van der Waals surface area (Å²) in [6, 6.07) is 20.9. The third-order valence-corrected chi connectivity index (χ3v) is 5.36. The van der Waals surface area contributed by atoms with Crippen LogP contribution in [0.4, 0.5) is 10.5 Å². The van der Waals surface area contributed by atoms with E-state index < -0.39 is 0 Å². The van der Waals surface area contributed by atoms with Crippen LogP contribution < -0.4 is 15.5 Å². The predicted octanol–water partition coefficient (Wildman–Crippen LogP) is 3.75. The molecule has 0 saturated carbocycles. The molecule has 25 heavy (non-hydrogen) atoms. The molecule has 132 valence electrons. The van der Waals surface area contributed by atoms with E-state index in [1.54, 1.807) is 11.8 Å². The summed E-state index contributed by atoms with van der Waals surface area (Å²) in [4.78, 5) is 15.6. The van der Waals surface area contributed by atoms with Crippen molar-refractivity contribution in [1.29, 1.82) is 0 Å². The van der Waals surface area contributed by atoms with E-state index >= 15 is 0 Å².